The van der Waals surface area contributed by atoms with Crippen LogP contribution in [0.2, 0.25) is 0 Å². The summed E-state index contributed by atoms with van der Waals surface area (Å²) in [6.45, 7) is 5.77. The highest BCUT2D eigenvalue weighted by Crippen LogP contribution is 2.23. The lowest BCUT2D eigenvalue weighted by atomic mass is 10.1. The number of carbonyl (C=O) groups is 1. The van der Waals surface area contributed by atoms with Gasteiger partial charge in [-0.15, -0.1) is 11.8 Å². The number of benzene rings is 1. The van der Waals surface area contributed by atoms with E-state index >= 15 is 0 Å². The number of carbonyl (C=O) groups excluding carboxylic acids is 1. The van der Waals surface area contributed by atoms with Crippen LogP contribution in [0.15, 0.2) is 29.2 Å². The van der Waals surface area contributed by atoms with Crippen molar-refractivity contribution >= 4 is 17.7 Å². The van der Waals surface area contributed by atoms with Gasteiger partial charge in [-0.1, -0.05) is 25.5 Å². The van der Waals surface area contributed by atoms with Crippen molar-refractivity contribution in [2.24, 2.45) is 0 Å². The van der Waals surface area contributed by atoms with E-state index in [-0.39, 0.29) is 5.97 Å². The molecule has 21 heavy (non-hydrogen) atoms. The van der Waals surface area contributed by atoms with E-state index in [4.69, 9.17) is 4.74 Å². The smallest absolute Gasteiger partial charge is 0.339 e. The molecule has 1 heterocycles. The molecule has 0 amide bonds. The van der Waals surface area contributed by atoms with Crippen molar-refractivity contribution in [2.45, 2.75) is 37.5 Å². The standard InChI is InChI=1S/C17H25NO2S/c1-2-14-21-16-9-5-4-8-15(16)17(19)20-13-12-18-10-6-3-7-11-18/h4-5,8-9H,2-3,6-7,10-14H2,1H3. The number of piperidine rings is 1. The van der Waals surface area contributed by atoms with Crippen molar-refractivity contribution in [2.75, 3.05) is 32.0 Å². The van der Waals surface area contributed by atoms with Gasteiger partial charge in [-0.3, -0.25) is 4.90 Å². The third kappa shape index (κ3) is 5.36. The molecule has 0 atom stereocenters. The van der Waals surface area contributed by atoms with Crippen molar-refractivity contribution in [3.63, 3.8) is 0 Å². The Hall–Kier alpha value is -1.00. The van der Waals surface area contributed by atoms with Gasteiger partial charge in [0.25, 0.3) is 0 Å². The number of nitrogens with zero attached hydrogens (tertiary/aromatic N) is 1. The lowest BCUT2D eigenvalue weighted by Gasteiger charge is -2.25. The largest absolute Gasteiger partial charge is 0.461 e. The molecule has 0 N–H and O–H groups in total. The van der Waals surface area contributed by atoms with Crippen LogP contribution in [0.4, 0.5) is 0 Å². The molecule has 0 saturated carbocycles. The second-order valence-corrected chi connectivity index (χ2v) is 6.52. The van der Waals surface area contributed by atoms with Gasteiger partial charge in [0.1, 0.15) is 6.61 Å². The molecule has 2 rings (SSSR count). The summed E-state index contributed by atoms with van der Waals surface area (Å²) in [4.78, 5) is 15.6. The normalized spacial score (nSPS) is 15.9. The Balaban J connectivity index is 1.82. The Morgan fingerprint density at radius 1 is 1.24 bits per heavy atom. The van der Waals surface area contributed by atoms with Crippen LogP contribution >= 0.6 is 11.8 Å². The van der Waals surface area contributed by atoms with Crippen molar-refractivity contribution in [1.82, 2.24) is 4.90 Å². The first kappa shape index (κ1) is 16.4. The first-order valence-electron chi connectivity index (χ1n) is 7.92. The average molecular weight is 307 g/mol. The Morgan fingerprint density at radius 3 is 2.76 bits per heavy atom. The van der Waals surface area contributed by atoms with Crippen molar-refractivity contribution in [1.29, 1.82) is 0 Å². The quantitative estimate of drug-likeness (QED) is 0.565. The van der Waals surface area contributed by atoms with Crippen LogP contribution in [0.5, 0.6) is 0 Å². The van der Waals surface area contributed by atoms with Crippen molar-refractivity contribution in [3.8, 4) is 0 Å². The van der Waals surface area contributed by atoms with Gasteiger partial charge in [0.2, 0.25) is 0 Å². The maximum atomic E-state index is 12.2. The number of hydrogen-bond acceptors (Lipinski definition) is 4. The molecule has 1 aliphatic heterocycles. The van der Waals surface area contributed by atoms with Gasteiger partial charge < -0.3 is 4.74 Å². The fourth-order valence-electron chi connectivity index (χ4n) is 2.50. The number of hydrogen-bond donors (Lipinski definition) is 0. The van der Waals surface area contributed by atoms with E-state index in [9.17, 15) is 4.79 Å². The number of ether oxygens (including phenoxy) is 1. The SMILES string of the molecule is CCCSc1ccccc1C(=O)OCCN1CCCCC1. The molecular formula is C17H25NO2S. The number of esters is 1. The first-order chi connectivity index (χ1) is 10.3. The first-order valence-corrected chi connectivity index (χ1v) is 8.91. The predicted octanol–water partition coefficient (Wildman–Crippen LogP) is 3.83. The lowest BCUT2D eigenvalue weighted by Crippen LogP contribution is -2.33. The van der Waals surface area contributed by atoms with E-state index in [0.717, 1.165) is 36.7 Å². The van der Waals surface area contributed by atoms with Crippen LogP contribution < -0.4 is 0 Å². The van der Waals surface area contributed by atoms with E-state index in [1.54, 1.807) is 11.8 Å². The molecule has 1 aliphatic rings. The van der Waals surface area contributed by atoms with Gasteiger partial charge in [0.15, 0.2) is 0 Å². The monoisotopic (exact) mass is 307 g/mol. The molecule has 1 aromatic rings. The number of likely N-dealkylation sites (tertiary alicyclic amines) is 1. The minimum Gasteiger partial charge on any atom is -0.461 e. The zero-order valence-corrected chi connectivity index (χ0v) is 13.7. The maximum Gasteiger partial charge on any atom is 0.339 e. The van der Waals surface area contributed by atoms with Gasteiger partial charge in [-0.2, -0.15) is 0 Å². The summed E-state index contributed by atoms with van der Waals surface area (Å²) < 4.78 is 5.46. The van der Waals surface area contributed by atoms with E-state index in [0.29, 0.717) is 12.2 Å². The Labute approximate surface area is 132 Å². The highest BCUT2D eigenvalue weighted by molar-refractivity contribution is 7.99. The van der Waals surface area contributed by atoms with E-state index in [1.165, 1.54) is 19.3 Å². The number of thioether (sulfide) groups is 1. The average Bonchev–Trinajstić information content (AvgIpc) is 2.54. The third-order valence-corrected chi connectivity index (χ3v) is 4.94. The highest BCUT2D eigenvalue weighted by Gasteiger charge is 2.14. The third-order valence-electron chi connectivity index (χ3n) is 3.66. The Kier molecular flexibility index (Phi) is 7.10. The summed E-state index contributed by atoms with van der Waals surface area (Å²) in [5.41, 5.74) is 0.703. The molecule has 0 spiro atoms. The van der Waals surface area contributed by atoms with Crippen LogP contribution in [0, 0.1) is 0 Å². The minimum atomic E-state index is -0.189. The highest BCUT2D eigenvalue weighted by atomic mass is 32.2. The van der Waals surface area contributed by atoms with E-state index < -0.39 is 0 Å². The maximum absolute atomic E-state index is 12.2. The van der Waals surface area contributed by atoms with Crippen molar-refractivity contribution in [3.05, 3.63) is 29.8 Å². The van der Waals surface area contributed by atoms with Crippen LogP contribution in [-0.4, -0.2) is 42.9 Å². The summed E-state index contributed by atoms with van der Waals surface area (Å²) in [6.07, 6.45) is 4.97. The molecule has 1 saturated heterocycles. The van der Waals surface area contributed by atoms with Crippen LogP contribution in [0.25, 0.3) is 0 Å². The van der Waals surface area contributed by atoms with Crippen LogP contribution in [0.1, 0.15) is 43.0 Å². The van der Waals surface area contributed by atoms with Gasteiger partial charge in [0.05, 0.1) is 5.56 Å². The van der Waals surface area contributed by atoms with Gasteiger partial charge in [0, 0.05) is 11.4 Å². The molecule has 1 aromatic carbocycles. The lowest BCUT2D eigenvalue weighted by molar-refractivity contribution is 0.0448. The predicted molar refractivity (Wildman–Crippen MR) is 88.0 cm³/mol. The Bertz CT molecular complexity index is 444. The van der Waals surface area contributed by atoms with Crippen LogP contribution in [-0.2, 0) is 4.74 Å². The second kappa shape index (κ2) is 9.11. The molecular weight excluding hydrogens is 282 g/mol. The molecule has 3 nitrogen and oxygen atoms in total. The molecule has 0 aliphatic carbocycles. The molecule has 0 aromatic heterocycles. The zero-order chi connectivity index (χ0) is 14.9. The molecule has 4 heteroatoms. The molecule has 0 bridgehead atoms. The second-order valence-electron chi connectivity index (χ2n) is 5.38. The topological polar surface area (TPSA) is 29.5 Å². The van der Waals surface area contributed by atoms with E-state index in [1.807, 2.05) is 24.3 Å². The molecule has 0 unspecified atom stereocenters. The van der Waals surface area contributed by atoms with Gasteiger partial charge >= 0.3 is 5.97 Å². The summed E-state index contributed by atoms with van der Waals surface area (Å²) in [7, 11) is 0. The minimum absolute atomic E-state index is 0.189. The summed E-state index contributed by atoms with van der Waals surface area (Å²) in [6, 6.07) is 7.74. The summed E-state index contributed by atoms with van der Waals surface area (Å²) in [5, 5.41) is 0. The van der Waals surface area contributed by atoms with Crippen LogP contribution in [0.3, 0.4) is 0 Å². The van der Waals surface area contributed by atoms with Gasteiger partial charge in [-0.05, 0) is 50.2 Å². The summed E-state index contributed by atoms with van der Waals surface area (Å²) >= 11 is 1.73. The van der Waals surface area contributed by atoms with E-state index in [2.05, 4.69) is 11.8 Å². The fourth-order valence-corrected chi connectivity index (χ4v) is 3.41. The zero-order valence-electron chi connectivity index (χ0n) is 12.8. The van der Waals surface area contributed by atoms with Crippen molar-refractivity contribution < 1.29 is 9.53 Å². The molecule has 116 valence electrons. The summed E-state index contributed by atoms with van der Waals surface area (Å²) in [5.74, 6) is 0.837. The molecule has 0 radical (unpaired) electrons. The van der Waals surface area contributed by atoms with Gasteiger partial charge in [-0.25, -0.2) is 4.79 Å². The Morgan fingerprint density at radius 2 is 2.00 bits per heavy atom. The molecule has 1 fully saturated rings. The fraction of sp³-hybridized carbons (Fsp3) is 0.588. The number of rotatable bonds is 7.